The van der Waals surface area contributed by atoms with E-state index in [1.165, 1.54) is 0 Å². The van der Waals surface area contributed by atoms with Gasteiger partial charge in [-0.05, 0) is 44.5 Å². The lowest BCUT2D eigenvalue weighted by molar-refractivity contribution is 0.0772. The minimum Gasteiger partial charge on any atom is -0.339 e. The Kier molecular flexibility index (Phi) is 6.39. The first-order valence-electron chi connectivity index (χ1n) is 9.68. The van der Waals surface area contributed by atoms with Gasteiger partial charge in [0.1, 0.15) is 0 Å². The Bertz CT molecular complexity index is 993. The van der Waals surface area contributed by atoms with E-state index in [-0.39, 0.29) is 17.5 Å². The third kappa shape index (κ3) is 4.68. The summed E-state index contributed by atoms with van der Waals surface area (Å²) in [6, 6.07) is 16.8. The standard InChI is InChI=1S/C22H25N5O2/c1-4-26(5-2)22(29)18-12-9-13-19(14-18)23-21(28)20-16(3)27(25-24-20)15-17-10-7-6-8-11-17/h6-14H,4-5,15H2,1-3H3,(H,23,28). The van der Waals surface area contributed by atoms with Crippen LogP contribution in [0, 0.1) is 6.92 Å². The van der Waals surface area contributed by atoms with Gasteiger partial charge in [-0.25, -0.2) is 4.68 Å². The Hall–Kier alpha value is -3.48. The van der Waals surface area contributed by atoms with E-state index < -0.39 is 0 Å². The highest BCUT2D eigenvalue weighted by Crippen LogP contribution is 2.15. The van der Waals surface area contributed by atoms with E-state index in [0.717, 1.165) is 5.56 Å². The molecule has 7 heteroatoms. The van der Waals surface area contributed by atoms with E-state index in [1.807, 2.05) is 51.1 Å². The van der Waals surface area contributed by atoms with Gasteiger partial charge in [0.15, 0.2) is 5.69 Å². The molecule has 0 unspecified atom stereocenters. The number of hydrogen-bond acceptors (Lipinski definition) is 4. The summed E-state index contributed by atoms with van der Waals surface area (Å²) >= 11 is 0. The Balaban J connectivity index is 1.74. The lowest BCUT2D eigenvalue weighted by atomic mass is 10.1. The van der Waals surface area contributed by atoms with Gasteiger partial charge in [0.25, 0.3) is 11.8 Å². The zero-order valence-corrected chi connectivity index (χ0v) is 16.9. The zero-order valence-electron chi connectivity index (χ0n) is 16.9. The summed E-state index contributed by atoms with van der Waals surface area (Å²) in [5.41, 5.74) is 3.11. The lowest BCUT2D eigenvalue weighted by Gasteiger charge is -2.18. The number of carbonyl (C=O) groups is 2. The van der Waals surface area contributed by atoms with Crippen LogP contribution in [-0.2, 0) is 6.54 Å². The Morgan fingerprint density at radius 2 is 1.76 bits per heavy atom. The van der Waals surface area contributed by atoms with Crippen LogP contribution < -0.4 is 5.32 Å². The van der Waals surface area contributed by atoms with E-state index in [1.54, 1.807) is 33.8 Å². The van der Waals surface area contributed by atoms with E-state index >= 15 is 0 Å². The normalized spacial score (nSPS) is 10.6. The summed E-state index contributed by atoms with van der Waals surface area (Å²) < 4.78 is 1.70. The first-order valence-corrected chi connectivity index (χ1v) is 9.68. The number of nitrogens with zero attached hydrogens (tertiary/aromatic N) is 4. The molecule has 3 rings (SSSR count). The van der Waals surface area contributed by atoms with Crippen LogP contribution in [0.1, 0.15) is 46.0 Å². The summed E-state index contributed by atoms with van der Waals surface area (Å²) in [4.78, 5) is 27.0. The molecule has 3 aromatic rings. The molecule has 7 nitrogen and oxygen atoms in total. The number of nitrogens with one attached hydrogen (secondary N) is 1. The molecule has 0 radical (unpaired) electrons. The Morgan fingerprint density at radius 3 is 2.45 bits per heavy atom. The van der Waals surface area contributed by atoms with Crippen molar-refractivity contribution in [2.45, 2.75) is 27.3 Å². The minimum absolute atomic E-state index is 0.0592. The van der Waals surface area contributed by atoms with Crippen LogP contribution in [0.25, 0.3) is 0 Å². The molecular formula is C22H25N5O2. The fraction of sp³-hybridized carbons (Fsp3) is 0.273. The van der Waals surface area contributed by atoms with Crippen molar-refractivity contribution < 1.29 is 9.59 Å². The van der Waals surface area contributed by atoms with Crippen molar-refractivity contribution in [2.75, 3.05) is 18.4 Å². The SMILES string of the molecule is CCN(CC)C(=O)c1cccc(NC(=O)c2nnn(Cc3ccccc3)c2C)c1. The van der Waals surface area contributed by atoms with Gasteiger partial charge in [-0.2, -0.15) is 0 Å². The Labute approximate surface area is 170 Å². The maximum atomic E-state index is 12.7. The first kappa shape index (κ1) is 20.3. The number of amides is 2. The maximum Gasteiger partial charge on any atom is 0.278 e. The van der Waals surface area contributed by atoms with Crippen LogP contribution in [0.15, 0.2) is 54.6 Å². The van der Waals surface area contributed by atoms with Crippen molar-refractivity contribution in [1.82, 2.24) is 19.9 Å². The number of rotatable bonds is 7. The number of anilines is 1. The van der Waals surface area contributed by atoms with Crippen LogP contribution >= 0.6 is 0 Å². The topological polar surface area (TPSA) is 80.1 Å². The van der Waals surface area contributed by atoms with Gasteiger partial charge in [-0.3, -0.25) is 9.59 Å². The van der Waals surface area contributed by atoms with Crippen molar-refractivity contribution >= 4 is 17.5 Å². The quantitative estimate of drug-likeness (QED) is 0.670. The van der Waals surface area contributed by atoms with E-state index in [4.69, 9.17) is 0 Å². The van der Waals surface area contributed by atoms with Gasteiger partial charge in [-0.15, -0.1) is 5.10 Å². The van der Waals surface area contributed by atoms with Crippen molar-refractivity contribution in [2.24, 2.45) is 0 Å². The fourth-order valence-electron chi connectivity index (χ4n) is 3.09. The summed E-state index contributed by atoms with van der Waals surface area (Å²) in [6.07, 6.45) is 0. The summed E-state index contributed by atoms with van der Waals surface area (Å²) in [6.45, 7) is 7.51. The number of hydrogen-bond donors (Lipinski definition) is 1. The number of aromatic nitrogens is 3. The maximum absolute atomic E-state index is 12.7. The summed E-state index contributed by atoms with van der Waals surface area (Å²) in [7, 11) is 0. The van der Waals surface area contributed by atoms with Crippen LogP contribution in [0.3, 0.4) is 0 Å². The van der Waals surface area contributed by atoms with E-state index in [9.17, 15) is 9.59 Å². The second-order valence-electron chi connectivity index (χ2n) is 6.68. The van der Waals surface area contributed by atoms with Crippen LogP contribution in [0.2, 0.25) is 0 Å². The van der Waals surface area contributed by atoms with Crippen molar-refractivity contribution in [3.63, 3.8) is 0 Å². The monoisotopic (exact) mass is 391 g/mol. The largest absolute Gasteiger partial charge is 0.339 e. The number of carbonyl (C=O) groups excluding carboxylic acids is 2. The molecule has 1 N–H and O–H groups in total. The molecule has 1 aromatic heterocycles. The van der Waals surface area contributed by atoms with Gasteiger partial charge < -0.3 is 10.2 Å². The summed E-state index contributed by atoms with van der Waals surface area (Å²) in [5, 5.41) is 11.0. The molecule has 2 amide bonds. The third-order valence-electron chi connectivity index (χ3n) is 4.79. The van der Waals surface area contributed by atoms with E-state index in [2.05, 4.69) is 15.6 Å². The Morgan fingerprint density at radius 1 is 1.03 bits per heavy atom. The molecule has 0 saturated heterocycles. The molecule has 2 aromatic carbocycles. The van der Waals surface area contributed by atoms with E-state index in [0.29, 0.717) is 36.6 Å². The van der Waals surface area contributed by atoms with Gasteiger partial charge >= 0.3 is 0 Å². The molecule has 150 valence electrons. The molecule has 29 heavy (non-hydrogen) atoms. The molecule has 0 saturated carbocycles. The molecule has 0 aliphatic carbocycles. The smallest absolute Gasteiger partial charge is 0.278 e. The average Bonchev–Trinajstić information content (AvgIpc) is 3.10. The predicted molar refractivity (Wildman–Crippen MR) is 112 cm³/mol. The van der Waals surface area contributed by atoms with Crippen molar-refractivity contribution in [3.8, 4) is 0 Å². The molecule has 0 spiro atoms. The van der Waals surface area contributed by atoms with Crippen LogP contribution in [-0.4, -0.2) is 44.8 Å². The van der Waals surface area contributed by atoms with Gasteiger partial charge in [0.05, 0.1) is 12.2 Å². The highest BCUT2D eigenvalue weighted by atomic mass is 16.2. The van der Waals surface area contributed by atoms with Crippen LogP contribution in [0.5, 0.6) is 0 Å². The predicted octanol–water partition coefficient (Wildman–Crippen LogP) is 3.37. The zero-order chi connectivity index (χ0) is 20.8. The van der Waals surface area contributed by atoms with Gasteiger partial charge in [0, 0.05) is 24.3 Å². The fourth-order valence-corrected chi connectivity index (χ4v) is 3.09. The molecule has 0 aliphatic rings. The number of benzene rings is 2. The lowest BCUT2D eigenvalue weighted by Crippen LogP contribution is -2.30. The molecule has 0 bridgehead atoms. The van der Waals surface area contributed by atoms with Crippen LogP contribution in [0.4, 0.5) is 5.69 Å². The highest BCUT2D eigenvalue weighted by molar-refractivity contribution is 6.04. The molecule has 1 heterocycles. The minimum atomic E-state index is -0.353. The summed E-state index contributed by atoms with van der Waals surface area (Å²) in [5.74, 6) is -0.412. The van der Waals surface area contributed by atoms with Gasteiger partial charge in [-0.1, -0.05) is 41.6 Å². The molecule has 0 aliphatic heterocycles. The molecular weight excluding hydrogens is 366 g/mol. The van der Waals surface area contributed by atoms with Crippen molar-refractivity contribution in [3.05, 3.63) is 77.1 Å². The molecule has 0 atom stereocenters. The second-order valence-corrected chi connectivity index (χ2v) is 6.68. The highest BCUT2D eigenvalue weighted by Gasteiger charge is 2.18. The van der Waals surface area contributed by atoms with Crippen molar-refractivity contribution in [1.29, 1.82) is 0 Å². The third-order valence-corrected chi connectivity index (χ3v) is 4.79. The molecule has 0 fully saturated rings. The van der Waals surface area contributed by atoms with Gasteiger partial charge in [0.2, 0.25) is 0 Å². The average molecular weight is 391 g/mol. The second kappa shape index (κ2) is 9.14. The first-order chi connectivity index (χ1) is 14.0.